The van der Waals surface area contributed by atoms with E-state index in [0.717, 1.165) is 16.1 Å². The lowest BCUT2D eigenvalue weighted by Gasteiger charge is -2.42. The number of pyridine rings is 1. The highest BCUT2D eigenvalue weighted by atomic mass is 35.5. The summed E-state index contributed by atoms with van der Waals surface area (Å²) < 4.78 is 40.2. The fourth-order valence-electron chi connectivity index (χ4n) is 6.66. The van der Waals surface area contributed by atoms with Gasteiger partial charge in [-0.1, -0.05) is 41.4 Å². The second-order valence-electron chi connectivity index (χ2n) is 10.8. The molecule has 1 N–H and O–H groups in total. The number of hydrazine groups is 1. The lowest BCUT2D eigenvalue weighted by atomic mass is 9.59. The van der Waals surface area contributed by atoms with Crippen molar-refractivity contribution in [2.75, 3.05) is 12.1 Å². The van der Waals surface area contributed by atoms with Crippen LogP contribution in [0.4, 0.5) is 19.0 Å². The number of carbonyl (C=O) groups excluding carboxylic acids is 4. The number of carbonyl (C=O) groups is 4. The molecule has 0 bridgehead atoms. The van der Waals surface area contributed by atoms with Gasteiger partial charge in [0.25, 0.3) is 11.8 Å². The zero-order valence-corrected chi connectivity index (χ0v) is 23.0. The Labute approximate surface area is 242 Å². The number of benzene rings is 1. The van der Waals surface area contributed by atoms with Gasteiger partial charge in [0.05, 0.1) is 16.9 Å². The number of phenolic OH excluding ortho intramolecular Hbond substituents is 1. The Hall–Kier alpha value is -4.25. The summed E-state index contributed by atoms with van der Waals surface area (Å²) in [5.74, 6) is -5.89. The molecule has 1 aliphatic heterocycles. The number of fused-ring (bicyclic) bond motifs is 3. The van der Waals surface area contributed by atoms with Gasteiger partial charge in [0, 0.05) is 35.2 Å². The summed E-state index contributed by atoms with van der Waals surface area (Å²) in [6.45, 7) is 1.53. The molecule has 2 aromatic rings. The van der Waals surface area contributed by atoms with Gasteiger partial charge in [-0.25, -0.2) is 4.98 Å². The van der Waals surface area contributed by atoms with Crippen LogP contribution in [-0.2, 0) is 25.4 Å². The lowest BCUT2D eigenvalue weighted by molar-refractivity contribution is -0.141. The van der Waals surface area contributed by atoms with Crippen LogP contribution in [0, 0.1) is 17.8 Å². The monoisotopic (exact) mass is 597 g/mol. The molecule has 6 rings (SSSR count). The number of amides is 2. The average molecular weight is 598 g/mol. The third-order valence-electron chi connectivity index (χ3n) is 8.51. The number of hydrogen-bond acceptors (Lipinski definition) is 7. The van der Waals surface area contributed by atoms with Crippen LogP contribution < -0.4 is 5.01 Å². The quantitative estimate of drug-likeness (QED) is 0.303. The van der Waals surface area contributed by atoms with Gasteiger partial charge in [0.2, 0.25) is 0 Å². The summed E-state index contributed by atoms with van der Waals surface area (Å²) >= 11 is 6.16. The molecule has 8 nitrogen and oxygen atoms in total. The molecule has 4 aliphatic rings. The van der Waals surface area contributed by atoms with Gasteiger partial charge in [-0.3, -0.25) is 24.2 Å². The molecular weight excluding hydrogens is 575 g/mol. The van der Waals surface area contributed by atoms with Crippen LogP contribution >= 0.6 is 11.6 Å². The summed E-state index contributed by atoms with van der Waals surface area (Å²) in [5, 5.41) is 12.3. The Morgan fingerprint density at radius 2 is 1.76 bits per heavy atom. The molecule has 2 heterocycles. The molecule has 12 heteroatoms. The first-order valence-corrected chi connectivity index (χ1v) is 13.5. The number of hydrogen-bond donors (Lipinski definition) is 1. The van der Waals surface area contributed by atoms with Gasteiger partial charge in [0.1, 0.15) is 11.4 Å². The maximum Gasteiger partial charge on any atom is 0.433 e. The average Bonchev–Trinajstić information content (AvgIpc) is 3.20. The molecule has 4 atom stereocenters. The van der Waals surface area contributed by atoms with Gasteiger partial charge in [-0.2, -0.15) is 18.2 Å². The van der Waals surface area contributed by atoms with Gasteiger partial charge in [-0.05, 0) is 50.0 Å². The maximum atomic E-state index is 14.0. The first kappa shape index (κ1) is 27.9. The topological polar surface area (TPSA) is 108 Å². The van der Waals surface area contributed by atoms with Crippen LogP contribution in [0.3, 0.4) is 0 Å². The van der Waals surface area contributed by atoms with E-state index in [9.17, 15) is 37.5 Å². The summed E-state index contributed by atoms with van der Waals surface area (Å²) in [6.07, 6.45) is -1.61. The molecule has 1 saturated heterocycles. The van der Waals surface area contributed by atoms with Crippen molar-refractivity contribution in [1.82, 2.24) is 9.99 Å². The van der Waals surface area contributed by atoms with Crippen LogP contribution in [0.15, 0.2) is 70.8 Å². The summed E-state index contributed by atoms with van der Waals surface area (Å²) in [4.78, 5) is 57.9. The van der Waals surface area contributed by atoms with Gasteiger partial charge in [-0.15, -0.1) is 0 Å². The molecule has 4 unspecified atom stereocenters. The Kier molecular flexibility index (Phi) is 6.41. The zero-order valence-electron chi connectivity index (χ0n) is 22.3. The second kappa shape index (κ2) is 9.65. The predicted molar refractivity (Wildman–Crippen MR) is 144 cm³/mol. The minimum Gasteiger partial charge on any atom is -0.508 e. The number of aromatic nitrogens is 1. The number of aromatic hydroxyl groups is 1. The summed E-state index contributed by atoms with van der Waals surface area (Å²) in [7, 11) is 1.24. The standard InChI is InChI=1S/C30H23ClF3N3O5/c1-13-11-21(39)25-18(26(13)40)12-17-14(23(25)15-5-3-4-6-20(15)38)7-8-16-24(17)29(42)37(28(16)41)36(2)27-19(31)9-10-22(35-27)30(32,33)34/h3-7,9-11,16-17,23-24,38H,8,12H2,1-2H3. The predicted octanol–water partition coefficient (Wildman–Crippen LogP) is 4.94. The van der Waals surface area contributed by atoms with E-state index in [1.54, 1.807) is 24.3 Å². The van der Waals surface area contributed by atoms with E-state index in [1.165, 1.54) is 26.1 Å². The normalized spacial score (nSPS) is 25.6. The highest BCUT2D eigenvalue weighted by Crippen LogP contribution is 2.56. The van der Waals surface area contributed by atoms with Gasteiger partial charge < -0.3 is 5.11 Å². The molecule has 1 fully saturated rings. The van der Waals surface area contributed by atoms with Crippen LogP contribution in [0.1, 0.15) is 36.9 Å². The Morgan fingerprint density at radius 3 is 2.45 bits per heavy atom. The molecule has 2 amide bonds. The van der Waals surface area contributed by atoms with E-state index in [0.29, 0.717) is 17.2 Å². The molecule has 1 aromatic carbocycles. The summed E-state index contributed by atoms with van der Waals surface area (Å²) in [5.41, 5.74) is 0.487. The fraction of sp³-hybridized carbons (Fsp3) is 0.300. The number of halogens is 4. The van der Waals surface area contributed by atoms with E-state index in [4.69, 9.17) is 11.6 Å². The van der Waals surface area contributed by atoms with Crippen molar-refractivity contribution in [2.45, 2.75) is 31.9 Å². The highest BCUT2D eigenvalue weighted by molar-refractivity contribution is 6.33. The number of imide groups is 1. The van der Waals surface area contributed by atoms with Crippen LogP contribution in [0.5, 0.6) is 5.75 Å². The maximum absolute atomic E-state index is 14.0. The number of nitrogens with zero attached hydrogens (tertiary/aromatic N) is 3. The van der Waals surface area contributed by atoms with E-state index in [2.05, 4.69) is 4.98 Å². The first-order valence-electron chi connectivity index (χ1n) is 13.1. The SMILES string of the molecule is CC1=CC(=O)C2=C(CC3C(=CCC4C(=O)N(N(C)c5nc(C(F)(F)F)ccc5Cl)C(=O)C43)C2c2ccccc2O)C1=O. The van der Waals surface area contributed by atoms with E-state index >= 15 is 0 Å². The van der Waals surface area contributed by atoms with E-state index in [1.807, 2.05) is 0 Å². The van der Waals surface area contributed by atoms with Crippen LogP contribution in [0.25, 0.3) is 0 Å². The second-order valence-corrected chi connectivity index (χ2v) is 11.2. The van der Waals surface area contributed by atoms with Crippen molar-refractivity contribution >= 4 is 40.8 Å². The van der Waals surface area contributed by atoms with Crippen LogP contribution in [0.2, 0.25) is 5.02 Å². The molecule has 3 aliphatic carbocycles. The molecule has 216 valence electrons. The van der Waals surface area contributed by atoms with Crippen molar-refractivity contribution in [3.8, 4) is 5.75 Å². The van der Waals surface area contributed by atoms with Crippen molar-refractivity contribution in [2.24, 2.45) is 17.8 Å². The molecule has 0 saturated carbocycles. The van der Waals surface area contributed by atoms with Crippen LogP contribution in [-0.4, -0.2) is 45.5 Å². The molecule has 1 aromatic heterocycles. The Bertz CT molecular complexity index is 1690. The summed E-state index contributed by atoms with van der Waals surface area (Å²) in [6, 6.07) is 8.12. The van der Waals surface area contributed by atoms with Gasteiger partial charge in [0.15, 0.2) is 17.4 Å². The third kappa shape index (κ3) is 4.09. The minimum absolute atomic E-state index is 0.0152. The van der Waals surface area contributed by atoms with E-state index < -0.39 is 53.2 Å². The number of para-hydroxylation sites is 1. The number of ketones is 2. The number of phenols is 1. The highest BCUT2D eigenvalue weighted by Gasteiger charge is 2.57. The zero-order chi connectivity index (χ0) is 30.2. The third-order valence-corrected chi connectivity index (χ3v) is 8.81. The number of alkyl halides is 3. The number of rotatable bonds is 3. The molecule has 0 spiro atoms. The van der Waals surface area contributed by atoms with Gasteiger partial charge >= 0.3 is 6.18 Å². The molecular formula is C30H23ClF3N3O5. The largest absolute Gasteiger partial charge is 0.508 e. The fourth-order valence-corrected chi connectivity index (χ4v) is 6.89. The van der Waals surface area contributed by atoms with Crippen molar-refractivity contribution in [3.05, 3.63) is 87.1 Å². The molecule has 0 radical (unpaired) electrons. The van der Waals surface area contributed by atoms with Crippen molar-refractivity contribution in [1.29, 1.82) is 0 Å². The van der Waals surface area contributed by atoms with Crippen molar-refractivity contribution in [3.63, 3.8) is 0 Å². The first-order chi connectivity index (χ1) is 19.8. The lowest BCUT2D eigenvalue weighted by Crippen LogP contribution is -2.46. The smallest absolute Gasteiger partial charge is 0.433 e. The number of anilines is 1. The van der Waals surface area contributed by atoms with E-state index in [-0.39, 0.29) is 51.9 Å². The Morgan fingerprint density at radius 1 is 1.05 bits per heavy atom. The number of allylic oxidation sites excluding steroid dienone is 6. The number of Topliss-reactive ketones (excluding diaryl/α,β-unsaturated/α-hetero) is 1. The Balaban J connectivity index is 1.44. The van der Waals surface area contributed by atoms with Crippen molar-refractivity contribution < 1.29 is 37.5 Å². The molecule has 42 heavy (non-hydrogen) atoms. The minimum atomic E-state index is -4.78.